The SMILES string of the molecule is CC1(C(=O)CBr)CCCS1. The lowest BCUT2D eigenvalue weighted by Gasteiger charge is -2.18. The molecule has 10 heavy (non-hydrogen) atoms. The van der Waals surface area contributed by atoms with E-state index in [2.05, 4.69) is 15.9 Å². The minimum atomic E-state index is -0.0660. The van der Waals surface area contributed by atoms with Crippen LogP contribution in [0.5, 0.6) is 0 Å². The normalized spacial score (nSPS) is 32.6. The molecule has 0 N–H and O–H groups in total. The van der Waals surface area contributed by atoms with Crippen molar-refractivity contribution >= 4 is 33.5 Å². The highest BCUT2D eigenvalue weighted by Gasteiger charge is 2.35. The lowest BCUT2D eigenvalue weighted by atomic mass is 10.0. The lowest BCUT2D eigenvalue weighted by molar-refractivity contribution is -0.118. The third kappa shape index (κ3) is 1.56. The van der Waals surface area contributed by atoms with Crippen molar-refractivity contribution < 1.29 is 4.79 Å². The second-order valence-electron chi connectivity index (χ2n) is 2.74. The van der Waals surface area contributed by atoms with Gasteiger partial charge in [0.2, 0.25) is 0 Å². The van der Waals surface area contributed by atoms with Crippen molar-refractivity contribution in [2.24, 2.45) is 0 Å². The fourth-order valence-electron chi connectivity index (χ4n) is 1.14. The first-order valence-electron chi connectivity index (χ1n) is 3.42. The van der Waals surface area contributed by atoms with Gasteiger partial charge in [0.05, 0.1) is 10.1 Å². The number of carbonyl (C=O) groups is 1. The van der Waals surface area contributed by atoms with E-state index >= 15 is 0 Å². The quantitative estimate of drug-likeness (QED) is 0.668. The fourth-order valence-corrected chi connectivity index (χ4v) is 3.21. The highest BCUT2D eigenvalue weighted by Crippen LogP contribution is 2.38. The van der Waals surface area contributed by atoms with Crippen LogP contribution in [0.25, 0.3) is 0 Å². The van der Waals surface area contributed by atoms with E-state index in [4.69, 9.17) is 0 Å². The van der Waals surface area contributed by atoms with E-state index in [9.17, 15) is 4.79 Å². The molecule has 1 atom stereocenters. The Morgan fingerprint density at radius 3 is 2.90 bits per heavy atom. The average Bonchev–Trinajstić information content (AvgIpc) is 2.36. The molecule has 0 aromatic heterocycles. The Kier molecular flexibility index (Phi) is 2.81. The van der Waals surface area contributed by atoms with E-state index in [1.54, 1.807) is 11.8 Å². The molecule has 1 nitrogen and oxygen atoms in total. The van der Waals surface area contributed by atoms with Gasteiger partial charge in [-0.05, 0) is 25.5 Å². The summed E-state index contributed by atoms with van der Waals surface area (Å²) < 4.78 is -0.0660. The summed E-state index contributed by atoms with van der Waals surface area (Å²) in [5, 5.41) is 0.510. The van der Waals surface area contributed by atoms with Gasteiger partial charge in [-0.15, -0.1) is 11.8 Å². The maximum Gasteiger partial charge on any atom is 0.159 e. The van der Waals surface area contributed by atoms with E-state index in [1.165, 1.54) is 6.42 Å². The van der Waals surface area contributed by atoms with Crippen LogP contribution in [0.2, 0.25) is 0 Å². The lowest BCUT2D eigenvalue weighted by Crippen LogP contribution is -2.29. The summed E-state index contributed by atoms with van der Waals surface area (Å²) in [6.45, 7) is 2.05. The van der Waals surface area contributed by atoms with Crippen LogP contribution >= 0.6 is 27.7 Å². The van der Waals surface area contributed by atoms with Gasteiger partial charge < -0.3 is 0 Å². The number of Topliss-reactive ketones (excluding diaryl/α,β-unsaturated/α-hetero) is 1. The van der Waals surface area contributed by atoms with Gasteiger partial charge in [0.25, 0.3) is 0 Å². The molecule has 0 radical (unpaired) electrons. The Labute approximate surface area is 74.1 Å². The number of halogens is 1. The number of thioether (sulfide) groups is 1. The summed E-state index contributed by atoms with van der Waals surface area (Å²) >= 11 is 4.99. The van der Waals surface area contributed by atoms with E-state index in [1.807, 2.05) is 6.92 Å². The van der Waals surface area contributed by atoms with Gasteiger partial charge in [-0.2, -0.15) is 0 Å². The van der Waals surface area contributed by atoms with Gasteiger partial charge in [-0.25, -0.2) is 0 Å². The summed E-state index contributed by atoms with van der Waals surface area (Å²) in [6, 6.07) is 0. The molecule has 1 rings (SSSR count). The van der Waals surface area contributed by atoms with Crippen LogP contribution in [0.4, 0.5) is 0 Å². The topological polar surface area (TPSA) is 17.1 Å². The number of alkyl halides is 1. The molecule has 3 heteroatoms. The molecule has 0 aromatic rings. The van der Waals surface area contributed by atoms with E-state index < -0.39 is 0 Å². The van der Waals surface area contributed by atoms with Crippen LogP contribution in [0.3, 0.4) is 0 Å². The monoisotopic (exact) mass is 222 g/mol. The highest BCUT2D eigenvalue weighted by atomic mass is 79.9. The van der Waals surface area contributed by atoms with Crippen molar-refractivity contribution in [2.75, 3.05) is 11.1 Å². The zero-order valence-corrected chi connectivity index (χ0v) is 8.43. The van der Waals surface area contributed by atoms with Crippen molar-refractivity contribution in [3.63, 3.8) is 0 Å². The Balaban J connectivity index is 2.58. The second-order valence-corrected chi connectivity index (χ2v) is 4.90. The number of rotatable bonds is 2. The zero-order valence-electron chi connectivity index (χ0n) is 6.02. The van der Waals surface area contributed by atoms with Gasteiger partial charge in [0.1, 0.15) is 0 Å². The fraction of sp³-hybridized carbons (Fsp3) is 0.857. The van der Waals surface area contributed by atoms with Crippen LogP contribution in [0.15, 0.2) is 0 Å². The summed E-state index contributed by atoms with van der Waals surface area (Å²) in [5.41, 5.74) is 0. The Bertz CT molecular complexity index is 141. The van der Waals surface area contributed by atoms with Crippen LogP contribution in [0.1, 0.15) is 19.8 Å². The standard InChI is InChI=1S/C7H11BrOS/c1-7(6(9)5-8)3-2-4-10-7/h2-5H2,1H3. The second kappa shape index (κ2) is 3.26. The largest absolute Gasteiger partial charge is 0.297 e. The van der Waals surface area contributed by atoms with Crippen LogP contribution < -0.4 is 0 Å². The third-order valence-electron chi connectivity index (χ3n) is 1.93. The van der Waals surface area contributed by atoms with Crippen LogP contribution in [0, 0.1) is 0 Å². The van der Waals surface area contributed by atoms with Gasteiger partial charge in [0, 0.05) is 0 Å². The summed E-state index contributed by atoms with van der Waals surface area (Å²) in [7, 11) is 0. The highest BCUT2D eigenvalue weighted by molar-refractivity contribution is 9.09. The maximum atomic E-state index is 11.3. The summed E-state index contributed by atoms with van der Waals surface area (Å²) in [5.74, 6) is 1.49. The van der Waals surface area contributed by atoms with Gasteiger partial charge in [0.15, 0.2) is 5.78 Å². The molecule has 1 aliphatic heterocycles. The van der Waals surface area contributed by atoms with Gasteiger partial charge in [-0.1, -0.05) is 15.9 Å². The molecule has 1 aliphatic rings. The average molecular weight is 223 g/mol. The number of carbonyl (C=O) groups excluding carboxylic acids is 1. The molecule has 0 aliphatic carbocycles. The van der Waals surface area contributed by atoms with Crippen LogP contribution in [-0.2, 0) is 4.79 Å². The first kappa shape index (κ1) is 8.60. The summed E-state index contributed by atoms with van der Waals surface area (Å²) in [6.07, 6.45) is 2.25. The molecule has 0 bridgehead atoms. The minimum Gasteiger partial charge on any atom is -0.297 e. The van der Waals surface area contributed by atoms with Crippen molar-refractivity contribution in [3.05, 3.63) is 0 Å². The van der Waals surface area contributed by atoms with E-state index in [0.717, 1.165) is 12.2 Å². The third-order valence-corrected chi connectivity index (χ3v) is 4.00. The van der Waals surface area contributed by atoms with Crippen LogP contribution in [-0.4, -0.2) is 21.6 Å². The maximum absolute atomic E-state index is 11.3. The van der Waals surface area contributed by atoms with Crippen molar-refractivity contribution in [2.45, 2.75) is 24.5 Å². The minimum absolute atomic E-state index is 0.0660. The predicted molar refractivity (Wildman–Crippen MR) is 48.9 cm³/mol. The molecule has 0 saturated carbocycles. The molecule has 1 fully saturated rings. The Morgan fingerprint density at radius 2 is 2.50 bits per heavy atom. The van der Waals surface area contributed by atoms with Crippen molar-refractivity contribution in [1.82, 2.24) is 0 Å². The van der Waals surface area contributed by atoms with E-state index in [-0.39, 0.29) is 4.75 Å². The predicted octanol–water partition coefficient (Wildman–Crippen LogP) is 2.24. The Morgan fingerprint density at radius 1 is 1.80 bits per heavy atom. The number of ketones is 1. The number of hydrogen-bond donors (Lipinski definition) is 0. The summed E-state index contributed by atoms with van der Waals surface area (Å²) in [4.78, 5) is 11.3. The molecule has 58 valence electrons. The molecular formula is C7H11BrOS. The van der Waals surface area contributed by atoms with Crippen molar-refractivity contribution in [1.29, 1.82) is 0 Å². The first-order valence-corrected chi connectivity index (χ1v) is 5.53. The Hall–Kier alpha value is 0.500. The molecule has 1 saturated heterocycles. The number of hydrogen-bond acceptors (Lipinski definition) is 2. The van der Waals surface area contributed by atoms with Gasteiger partial charge >= 0.3 is 0 Å². The van der Waals surface area contributed by atoms with E-state index in [0.29, 0.717) is 11.1 Å². The molecule has 1 unspecified atom stereocenters. The molecule has 0 amide bonds. The van der Waals surface area contributed by atoms with Gasteiger partial charge in [-0.3, -0.25) is 4.79 Å². The first-order chi connectivity index (χ1) is 4.69. The molecule has 1 heterocycles. The van der Waals surface area contributed by atoms with Crippen molar-refractivity contribution in [3.8, 4) is 0 Å². The molecular weight excluding hydrogens is 212 g/mol. The molecule has 0 spiro atoms. The zero-order chi connectivity index (χ0) is 7.61. The molecule has 0 aromatic carbocycles. The smallest absolute Gasteiger partial charge is 0.159 e.